The summed E-state index contributed by atoms with van der Waals surface area (Å²) in [6.45, 7) is 3.33. The van der Waals surface area contributed by atoms with Gasteiger partial charge >= 0.3 is 12.1 Å². The Kier molecular flexibility index (Phi) is 7.29. The third-order valence-corrected chi connectivity index (χ3v) is 8.02. The first kappa shape index (κ1) is 26.6. The van der Waals surface area contributed by atoms with Gasteiger partial charge in [0.25, 0.3) is 0 Å². The quantitative estimate of drug-likeness (QED) is 0.448. The second-order valence-electron chi connectivity index (χ2n) is 10.6. The zero-order valence-electron chi connectivity index (χ0n) is 22.4. The molecule has 1 unspecified atom stereocenters. The number of aryl methyl sites for hydroxylation is 1. The number of aliphatic carboxylic acids is 1. The number of hydrogen-bond acceptors (Lipinski definition) is 5. The van der Waals surface area contributed by atoms with Crippen LogP contribution in [-0.2, 0) is 27.2 Å². The average molecular weight is 537 g/mol. The summed E-state index contributed by atoms with van der Waals surface area (Å²) in [6.07, 6.45) is 4.03. The molecule has 2 amide bonds. The lowest BCUT2D eigenvalue weighted by molar-refractivity contribution is -0.143. The maximum atomic E-state index is 14.8. The third-order valence-electron chi connectivity index (χ3n) is 8.02. The number of carboxylic acid groups (broad SMARTS) is 1. The van der Waals surface area contributed by atoms with E-state index in [2.05, 4.69) is 9.88 Å². The highest BCUT2D eigenvalue weighted by Gasteiger charge is 2.33. The van der Waals surface area contributed by atoms with Gasteiger partial charge in [-0.05, 0) is 75.3 Å². The molecule has 1 aliphatic carbocycles. The van der Waals surface area contributed by atoms with Crippen molar-refractivity contribution in [2.24, 2.45) is 5.92 Å². The highest BCUT2D eigenvalue weighted by molar-refractivity contribution is 5.95. The van der Waals surface area contributed by atoms with Crippen LogP contribution in [-0.4, -0.2) is 45.8 Å². The van der Waals surface area contributed by atoms with Crippen LogP contribution in [0.15, 0.2) is 30.3 Å². The van der Waals surface area contributed by atoms with Crippen molar-refractivity contribution < 1.29 is 28.6 Å². The van der Waals surface area contributed by atoms with E-state index in [4.69, 9.17) is 9.72 Å². The van der Waals surface area contributed by atoms with Crippen LogP contribution >= 0.6 is 0 Å². The fraction of sp³-hybridized carbons (Fsp3) is 0.448. The molecule has 2 aliphatic rings. The number of aromatic nitrogens is 2. The molecule has 2 N–H and O–H groups in total. The Morgan fingerprint density at radius 3 is 2.51 bits per heavy atom. The molecule has 5 rings (SSSR count). The maximum Gasteiger partial charge on any atom is 0.414 e. The molecule has 9 nitrogen and oxygen atoms in total. The van der Waals surface area contributed by atoms with Crippen LogP contribution < -0.4 is 10.2 Å². The van der Waals surface area contributed by atoms with Crippen molar-refractivity contribution in [3.05, 3.63) is 53.1 Å². The molecule has 1 aromatic heterocycles. The first-order valence-corrected chi connectivity index (χ1v) is 13.4. The number of fused-ring (bicyclic) bond motifs is 3. The van der Waals surface area contributed by atoms with Gasteiger partial charge in [-0.1, -0.05) is 6.07 Å². The van der Waals surface area contributed by atoms with Crippen LogP contribution in [0.3, 0.4) is 0 Å². The number of imidazole rings is 1. The molecule has 1 atom stereocenters. The lowest BCUT2D eigenvalue weighted by Crippen LogP contribution is -2.42. The standard InChI is InChI=1S/C29H33FN4O5/c1-16-4-10-21-24(33(16)29(38)39-3)12-13-25-27(21)32-26(34(25)20-8-6-19(7-9-20)28(36)37)15-18-5-11-23(22(30)14-18)31-17(2)35/h5,11-14,16,19-20H,4,6-10,15H2,1-3H3,(H,31,35)(H,36,37). The van der Waals surface area contributed by atoms with E-state index in [1.165, 1.54) is 20.1 Å². The van der Waals surface area contributed by atoms with Crippen molar-refractivity contribution in [2.75, 3.05) is 17.3 Å². The monoisotopic (exact) mass is 536 g/mol. The predicted octanol–water partition coefficient (Wildman–Crippen LogP) is 5.45. The van der Waals surface area contributed by atoms with Crippen LogP contribution in [0.5, 0.6) is 0 Å². The van der Waals surface area contributed by atoms with Crippen LogP contribution in [0.1, 0.15) is 68.9 Å². The predicted molar refractivity (Wildman–Crippen MR) is 145 cm³/mol. The number of carbonyl (C=O) groups is 3. The number of benzene rings is 2. The van der Waals surface area contributed by atoms with Crippen LogP contribution in [0.25, 0.3) is 11.0 Å². The third kappa shape index (κ3) is 5.07. The number of nitrogens with one attached hydrogen (secondary N) is 1. The normalized spacial score (nSPS) is 20.9. The van der Waals surface area contributed by atoms with Gasteiger partial charge in [0.2, 0.25) is 5.91 Å². The van der Waals surface area contributed by atoms with Gasteiger partial charge in [-0.2, -0.15) is 0 Å². The van der Waals surface area contributed by atoms with E-state index in [1.54, 1.807) is 17.0 Å². The number of carboxylic acids is 1. The molecular formula is C29H33FN4O5. The minimum atomic E-state index is -0.759. The SMILES string of the molecule is COC(=O)N1c2ccc3c(nc(Cc4ccc(NC(C)=O)c(F)c4)n3C3CCC(C(=O)O)CC3)c2CCC1C. The van der Waals surface area contributed by atoms with Crippen LogP contribution in [0.2, 0.25) is 0 Å². The number of halogens is 1. The molecule has 39 heavy (non-hydrogen) atoms. The second kappa shape index (κ2) is 10.7. The number of hydrogen-bond donors (Lipinski definition) is 2. The summed E-state index contributed by atoms with van der Waals surface area (Å²) < 4.78 is 22.0. The van der Waals surface area contributed by atoms with Gasteiger partial charge in [0, 0.05) is 31.0 Å². The Morgan fingerprint density at radius 1 is 1.13 bits per heavy atom. The summed E-state index contributed by atoms with van der Waals surface area (Å²) in [5.41, 5.74) is 4.32. The lowest BCUT2D eigenvalue weighted by Gasteiger charge is -2.34. The summed E-state index contributed by atoms with van der Waals surface area (Å²) in [7, 11) is 1.37. The van der Waals surface area contributed by atoms with Crippen LogP contribution in [0, 0.1) is 11.7 Å². The number of ether oxygens (including phenoxy) is 1. The minimum absolute atomic E-state index is 0.0136. The maximum absolute atomic E-state index is 14.8. The average Bonchev–Trinajstić information content (AvgIpc) is 3.27. The van der Waals surface area contributed by atoms with Gasteiger partial charge in [-0.3, -0.25) is 14.5 Å². The molecule has 3 aromatic rings. The second-order valence-corrected chi connectivity index (χ2v) is 10.6. The molecule has 0 bridgehead atoms. The number of methoxy groups -OCH3 is 1. The van der Waals surface area contributed by atoms with E-state index >= 15 is 0 Å². The Bertz CT molecular complexity index is 1440. The molecular weight excluding hydrogens is 503 g/mol. The van der Waals surface area contributed by atoms with Crippen molar-refractivity contribution in [2.45, 2.75) is 70.9 Å². The number of nitrogens with zero attached hydrogens (tertiary/aromatic N) is 3. The molecule has 0 radical (unpaired) electrons. The van der Waals surface area contributed by atoms with E-state index in [0.29, 0.717) is 37.7 Å². The first-order chi connectivity index (χ1) is 18.7. The summed E-state index contributed by atoms with van der Waals surface area (Å²) in [6, 6.07) is 8.69. The van der Waals surface area contributed by atoms with E-state index < -0.39 is 17.9 Å². The Balaban J connectivity index is 1.59. The lowest BCUT2D eigenvalue weighted by atomic mass is 9.85. The van der Waals surface area contributed by atoms with Gasteiger partial charge < -0.3 is 19.7 Å². The molecule has 2 heterocycles. The minimum Gasteiger partial charge on any atom is -0.481 e. The van der Waals surface area contributed by atoms with E-state index in [0.717, 1.165) is 41.0 Å². The highest BCUT2D eigenvalue weighted by atomic mass is 19.1. The van der Waals surface area contributed by atoms with Gasteiger partial charge in [0.05, 0.1) is 35.4 Å². The van der Waals surface area contributed by atoms with Crippen molar-refractivity contribution in [3.63, 3.8) is 0 Å². The molecule has 0 saturated heterocycles. The molecule has 2 aromatic carbocycles. The van der Waals surface area contributed by atoms with Crippen molar-refractivity contribution in [1.82, 2.24) is 9.55 Å². The zero-order valence-corrected chi connectivity index (χ0v) is 22.4. The van der Waals surface area contributed by atoms with E-state index in [-0.39, 0.29) is 29.6 Å². The first-order valence-electron chi connectivity index (χ1n) is 13.4. The number of carbonyl (C=O) groups excluding carboxylic acids is 2. The van der Waals surface area contributed by atoms with Crippen LogP contribution in [0.4, 0.5) is 20.6 Å². The molecule has 206 valence electrons. The summed E-state index contributed by atoms with van der Waals surface area (Å²) in [5.74, 6) is -1.22. The van der Waals surface area contributed by atoms with Gasteiger partial charge in [0.15, 0.2) is 0 Å². The van der Waals surface area contributed by atoms with E-state index in [9.17, 15) is 23.9 Å². The van der Waals surface area contributed by atoms with Gasteiger partial charge in [-0.15, -0.1) is 0 Å². The Hall–Kier alpha value is -3.95. The van der Waals surface area contributed by atoms with Crippen molar-refractivity contribution in [1.29, 1.82) is 0 Å². The summed E-state index contributed by atoms with van der Waals surface area (Å²) >= 11 is 0. The summed E-state index contributed by atoms with van der Waals surface area (Å²) in [5, 5.41) is 12.0. The molecule has 1 saturated carbocycles. The fourth-order valence-electron chi connectivity index (χ4n) is 6.08. The van der Waals surface area contributed by atoms with Gasteiger partial charge in [-0.25, -0.2) is 14.2 Å². The Morgan fingerprint density at radius 2 is 1.87 bits per heavy atom. The fourth-order valence-corrected chi connectivity index (χ4v) is 6.08. The Labute approximate surface area is 226 Å². The molecule has 10 heteroatoms. The number of rotatable bonds is 5. The summed E-state index contributed by atoms with van der Waals surface area (Å²) in [4.78, 5) is 42.3. The van der Waals surface area contributed by atoms with Crippen molar-refractivity contribution >= 4 is 40.4 Å². The van der Waals surface area contributed by atoms with E-state index in [1.807, 2.05) is 19.1 Å². The molecule has 0 spiro atoms. The number of anilines is 2. The number of amides is 2. The van der Waals surface area contributed by atoms with Gasteiger partial charge in [0.1, 0.15) is 11.6 Å². The molecule has 1 fully saturated rings. The molecule has 1 aliphatic heterocycles. The topological polar surface area (TPSA) is 114 Å². The largest absolute Gasteiger partial charge is 0.481 e. The zero-order chi connectivity index (χ0) is 27.8. The highest BCUT2D eigenvalue weighted by Crippen LogP contribution is 2.40. The van der Waals surface area contributed by atoms with Crippen molar-refractivity contribution in [3.8, 4) is 0 Å². The smallest absolute Gasteiger partial charge is 0.414 e.